The average molecular weight is 563 g/mol. The number of nitrogens with zero attached hydrogens (tertiary/aromatic N) is 7. The van der Waals surface area contributed by atoms with Crippen LogP contribution in [-0.4, -0.2) is 107 Å². The molecule has 216 valence electrons. The van der Waals surface area contributed by atoms with E-state index < -0.39 is 11.7 Å². The summed E-state index contributed by atoms with van der Waals surface area (Å²) >= 11 is 0. The van der Waals surface area contributed by atoms with Gasteiger partial charge in [0.15, 0.2) is 23.6 Å². The second-order valence-corrected chi connectivity index (χ2v) is 9.35. The molecular weight excluding hydrogens is 529 g/mol. The number of alkyl halides is 2. The molecule has 0 aromatic carbocycles. The molecule has 0 saturated carbocycles. The van der Waals surface area contributed by atoms with Gasteiger partial charge in [-0.3, -0.25) is 9.69 Å². The van der Waals surface area contributed by atoms with E-state index in [-0.39, 0.29) is 24.6 Å². The number of carbonyl (C=O) groups is 1. The summed E-state index contributed by atoms with van der Waals surface area (Å²) in [6.07, 6.45) is 5.62. The standard InChI is InChI=1S/C15H13FN8O.C8H13F2NO.C2H7N/c1-17-13-12-11(9(16)6-24(12)22-15(18-2)21-13)10-3-4-23-14(20-10)8(7-25)5-19-23;9-8(10)2-1-3-11(6-8)7-4-12-5-7;1-3-2/h3-7H,1-2H3,(H2,17,18,21,22);7H,1-6H2;3H,1-2H3. The van der Waals surface area contributed by atoms with E-state index in [1.807, 2.05) is 19.0 Å². The van der Waals surface area contributed by atoms with E-state index >= 15 is 0 Å². The summed E-state index contributed by atoms with van der Waals surface area (Å²) in [6, 6.07) is 1.88. The van der Waals surface area contributed by atoms with Gasteiger partial charge in [0.25, 0.3) is 5.92 Å². The Morgan fingerprint density at radius 1 is 1.12 bits per heavy atom. The molecule has 0 bridgehead atoms. The van der Waals surface area contributed by atoms with E-state index in [0.29, 0.717) is 60.1 Å². The SMILES string of the molecule is CNC.CNc1nc(NC)c2c(-c3ccn4ncc(C=O)c4n3)c(F)cn2n1.FC1(F)CCCN(C2COC2)C1. The fourth-order valence-electron chi connectivity index (χ4n) is 4.43. The van der Waals surface area contributed by atoms with Crippen LogP contribution in [0.3, 0.4) is 0 Å². The lowest BCUT2D eigenvalue weighted by Crippen LogP contribution is -2.55. The number of aldehydes is 1. The number of carbonyl (C=O) groups excluding carboxylic acids is 1. The number of aromatic nitrogens is 6. The van der Waals surface area contributed by atoms with Gasteiger partial charge in [0.1, 0.15) is 5.52 Å². The molecule has 4 aromatic heterocycles. The number of piperidine rings is 1. The Morgan fingerprint density at radius 3 is 2.48 bits per heavy atom. The second kappa shape index (κ2) is 12.6. The molecule has 2 saturated heterocycles. The number of likely N-dealkylation sites (tertiary alicyclic amines) is 1. The summed E-state index contributed by atoms with van der Waals surface area (Å²) in [5, 5.41) is 16.8. The quantitative estimate of drug-likeness (QED) is 0.312. The van der Waals surface area contributed by atoms with Gasteiger partial charge < -0.3 is 20.7 Å². The van der Waals surface area contributed by atoms with Crippen molar-refractivity contribution in [3.8, 4) is 11.3 Å². The maximum Gasteiger partial charge on any atom is 0.260 e. The number of halogens is 3. The highest BCUT2D eigenvalue weighted by Gasteiger charge is 2.39. The number of hydrogen-bond donors (Lipinski definition) is 3. The topological polar surface area (TPSA) is 126 Å². The third-order valence-electron chi connectivity index (χ3n) is 6.38. The monoisotopic (exact) mass is 562 g/mol. The van der Waals surface area contributed by atoms with E-state index in [0.717, 1.165) is 6.54 Å². The van der Waals surface area contributed by atoms with Gasteiger partial charge in [-0.2, -0.15) is 10.1 Å². The molecule has 12 nitrogen and oxygen atoms in total. The maximum atomic E-state index is 14.7. The number of anilines is 2. The Hall–Kier alpha value is -3.82. The summed E-state index contributed by atoms with van der Waals surface area (Å²) in [6.45, 7) is 2.01. The molecule has 2 fully saturated rings. The molecule has 0 amide bonds. The van der Waals surface area contributed by atoms with Crippen LogP contribution in [0, 0.1) is 5.82 Å². The third kappa shape index (κ3) is 6.16. The summed E-state index contributed by atoms with van der Waals surface area (Å²) in [4.78, 5) is 21.7. The molecule has 0 unspecified atom stereocenters. The van der Waals surface area contributed by atoms with Gasteiger partial charge in [0.2, 0.25) is 5.95 Å². The molecule has 6 heterocycles. The maximum absolute atomic E-state index is 14.7. The number of hydrogen-bond acceptors (Lipinski definition) is 10. The van der Waals surface area contributed by atoms with E-state index in [1.165, 1.54) is 21.4 Å². The predicted molar refractivity (Wildman–Crippen MR) is 145 cm³/mol. The zero-order valence-electron chi connectivity index (χ0n) is 22.8. The highest BCUT2D eigenvalue weighted by atomic mass is 19.3. The molecule has 15 heteroatoms. The molecule has 6 rings (SSSR count). The minimum atomic E-state index is -2.46. The van der Waals surface area contributed by atoms with Crippen molar-refractivity contribution in [1.29, 1.82) is 0 Å². The lowest BCUT2D eigenvalue weighted by Gasteiger charge is -2.41. The largest absolute Gasteiger partial charge is 0.378 e. The Kier molecular flexibility index (Phi) is 9.17. The van der Waals surface area contributed by atoms with Crippen LogP contribution in [0.25, 0.3) is 22.4 Å². The van der Waals surface area contributed by atoms with E-state index in [1.54, 1.807) is 26.4 Å². The van der Waals surface area contributed by atoms with Crippen molar-refractivity contribution in [2.75, 3.05) is 65.1 Å². The van der Waals surface area contributed by atoms with E-state index in [2.05, 4.69) is 36.1 Å². The van der Waals surface area contributed by atoms with Crippen LogP contribution >= 0.6 is 0 Å². The first-order valence-electron chi connectivity index (χ1n) is 12.8. The van der Waals surface area contributed by atoms with Crippen molar-refractivity contribution in [2.24, 2.45) is 0 Å². The van der Waals surface area contributed by atoms with Gasteiger partial charge in [-0.25, -0.2) is 27.2 Å². The molecule has 2 aliphatic rings. The Balaban J connectivity index is 0.000000205. The van der Waals surface area contributed by atoms with Crippen molar-refractivity contribution < 1.29 is 22.7 Å². The van der Waals surface area contributed by atoms with Gasteiger partial charge in [-0.1, -0.05) is 0 Å². The fourth-order valence-corrected chi connectivity index (χ4v) is 4.43. The minimum Gasteiger partial charge on any atom is -0.378 e. The zero-order valence-corrected chi connectivity index (χ0v) is 22.8. The normalized spacial score (nSPS) is 16.9. The Bertz CT molecular complexity index is 1450. The lowest BCUT2D eigenvalue weighted by atomic mass is 10.0. The lowest BCUT2D eigenvalue weighted by molar-refractivity contribution is -0.126. The van der Waals surface area contributed by atoms with E-state index in [9.17, 15) is 18.0 Å². The van der Waals surface area contributed by atoms with E-state index in [4.69, 9.17) is 4.74 Å². The first-order chi connectivity index (χ1) is 19.2. The van der Waals surface area contributed by atoms with Crippen LogP contribution in [0.2, 0.25) is 0 Å². The molecule has 3 N–H and O–H groups in total. The van der Waals surface area contributed by atoms with Crippen LogP contribution in [-0.2, 0) is 4.74 Å². The molecule has 2 aliphatic heterocycles. The van der Waals surface area contributed by atoms with Crippen LogP contribution in [0.4, 0.5) is 24.9 Å². The van der Waals surface area contributed by atoms with Crippen molar-refractivity contribution in [3.63, 3.8) is 0 Å². The summed E-state index contributed by atoms with van der Waals surface area (Å²) in [5.74, 6) is -2.17. The predicted octanol–water partition coefficient (Wildman–Crippen LogP) is 2.43. The average Bonchev–Trinajstić information content (AvgIpc) is 3.46. The van der Waals surface area contributed by atoms with Crippen molar-refractivity contribution in [2.45, 2.75) is 24.8 Å². The number of fused-ring (bicyclic) bond motifs is 2. The van der Waals surface area contributed by atoms with Gasteiger partial charge in [-0.15, -0.1) is 5.10 Å². The highest BCUT2D eigenvalue weighted by molar-refractivity contribution is 5.89. The summed E-state index contributed by atoms with van der Waals surface area (Å²) in [5.41, 5.74) is 1.72. The van der Waals surface area contributed by atoms with Gasteiger partial charge in [0.05, 0.1) is 55.0 Å². The minimum absolute atomic E-state index is 0.0527. The van der Waals surface area contributed by atoms with Crippen LogP contribution in [0.5, 0.6) is 0 Å². The molecular formula is C25H33F3N10O2. The van der Waals surface area contributed by atoms with Crippen LogP contribution in [0.1, 0.15) is 23.2 Å². The van der Waals surface area contributed by atoms with Gasteiger partial charge >= 0.3 is 0 Å². The highest BCUT2D eigenvalue weighted by Crippen LogP contribution is 2.32. The number of rotatable bonds is 5. The van der Waals surface area contributed by atoms with Gasteiger partial charge in [0, 0.05) is 26.7 Å². The first-order valence-corrected chi connectivity index (χ1v) is 12.8. The smallest absolute Gasteiger partial charge is 0.260 e. The summed E-state index contributed by atoms with van der Waals surface area (Å²) in [7, 11) is 7.12. The molecule has 40 heavy (non-hydrogen) atoms. The second-order valence-electron chi connectivity index (χ2n) is 9.35. The molecule has 0 radical (unpaired) electrons. The molecule has 0 aliphatic carbocycles. The molecule has 4 aromatic rings. The summed E-state index contributed by atoms with van der Waals surface area (Å²) < 4.78 is 48.3. The molecule has 0 spiro atoms. The Labute approximate surface area is 228 Å². The first kappa shape index (κ1) is 29.2. The van der Waals surface area contributed by atoms with Gasteiger partial charge in [-0.05, 0) is 33.1 Å². The fraction of sp³-hybridized carbons (Fsp3) is 0.480. The van der Waals surface area contributed by atoms with Crippen LogP contribution in [0.15, 0.2) is 24.7 Å². The van der Waals surface area contributed by atoms with Crippen molar-refractivity contribution in [1.82, 2.24) is 39.4 Å². The molecule has 0 atom stereocenters. The number of ether oxygens (including phenoxy) is 1. The Morgan fingerprint density at radius 2 is 1.88 bits per heavy atom. The number of nitrogens with one attached hydrogen (secondary N) is 3. The van der Waals surface area contributed by atoms with Crippen LogP contribution < -0.4 is 16.0 Å². The van der Waals surface area contributed by atoms with Crippen molar-refractivity contribution in [3.05, 3.63) is 36.0 Å². The van der Waals surface area contributed by atoms with Crippen molar-refractivity contribution >= 4 is 29.2 Å². The third-order valence-corrected chi connectivity index (χ3v) is 6.38. The zero-order chi connectivity index (χ0) is 28.9.